The number of rotatable bonds is 4. The van der Waals surface area contributed by atoms with E-state index in [2.05, 4.69) is 39.3 Å². The molecule has 2 aliphatic heterocycles. The van der Waals surface area contributed by atoms with Gasteiger partial charge >= 0.3 is 0 Å². The number of ether oxygens (including phenoxy) is 1. The van der Waals surface area contributed by atoms with Crippen molar-refractivity contribution in [2.24, 2.45) is 4.99 Å². The van der Waals surface area contributed by atoms with Crippen LogP contribution in [0.1, 0.15) is 12.8 Å². The van der Waals surface area contributed by atoms with E-state index in [9.17, 15) is 0 Å². The molecule has 2 rings (SSSR count). The summed E-state index contributed by atoms with van der Waals surface area (Å²) in [4.78, 5) is 6.58. The van der Waals surface area contributed by atoms with Crippen molar-refractivity contribution in [3.05, 3.63) is 0 Å². The molecule has 118 valence electrons. The highest BCUT2D eigenvalue weighted by atomic mass is 127. The van der Waals surface area contributed by atoms with Gasteiger partial charge in [-0.2, -0.15) is 11.8 Å². The summed E-state index contributed by atoms with van der Waals surface area (Å²) in [6.45, 7) is 4.68. The molecule has 0 saturated carbocycles. The van der Waals surface area contributed by atoms with Gasteiger partial charge in [0, 0.05) is 38.5 Å². The van der Waals surface area contributed by atoms with Gasteiger partial charge in [-0.15, -0.1) is 24.0 Å². The molecule has 2 N–H and O–H groups in total. The lowest BCUT2D eigenvalue weighted by atomic mass is 10.2. The quantitative estimate of drug-likeness (QED) is 0.409. The Balaban J connectivity index is 0.00000200. The molecule has 7 heteroatoms. The predicted octanol–water partition coefficient (Wildman–Crippen LogP) is 0.996. The molecule has 2 heterocycles. The number of guanidine groups is 1. The number of aliphatic imine (C=N–C) groups is 1. The van der Waals surface area contributed by atoms with Crippen molar-refractivity contribution in [1.29, 1.82) is 0 Å². The first-order valence-electron chi connectivity index (χ1n) is 7.14. The van der Waals surface area contributed by atoms with Gasteiger partial charge in [-0.25, -0.2) is 0 Å². The van der Waals surface area contributed by atoms with Gasteiger partial charge in [0.05, 0.1) is 12.7 Å². The maximum absolute atomic E-state index is 5.73. The maximum Gasteiger partial charge on any atom is 0.191 e. The summed E-state index contributed by atoms with van der Waals surface area (Å²) in [5.41, 5.74) is 0. The average Bonchev–Trinajstić information content (AvgIpc) is 2.92. The summed E-state index contributed by atoms with van der Waals surface area (Å²) in [7, 11) is 3.96. The fourth-order valence-electron chi connectivity index (χ4n) is 2.44. The van der Waals surface area contributed by atoms with E-state index in [0.29, 0.717) is 0 Å². The number of likely N-dealkylation sites (N-methyl/N-ethyl adjacent to an activating group) is 1. The molecule has 0 spiro atoms. The summed E-state index contributed by atoms with van der Waals surface area (Å²) in [6, 6.07) is 0. The van der Waals surface area contributed by atoms with Crippen molar-refractivity contribution in [2.45, 2.75) is 24.2 Å². The zero-order chi connectivity index (χ0) is 13.5. The fourth-order valence-corrected chi connectivity index (χ4v) is 3.64. The van der Waals surface area contributed by atoms with Crippen molar-refractivity contribution in [2.75, 3.05) is 52.6 Å². The monoisotopic (exact) mass is 414 g/mol. The molecule has 2 unspecified atom stereocenters. The van der Waals surface area contributed by atoms with Gasteiger partial charge < -0.3 is 20.3 Å². The van der Waals surface area contributed by atoms with Gasteiger partial charge in [0.1, 0.15) is 0 Å². The topological polar surface area (TPSA) is 48.9 Å². The second-order valence-electron chi connectivity index (χ2n) is 5.22. The van der Waals surface area contributed by atoms with Crippen LogP contribution >= 0.6 is 35.7 Å². The number of nitrogens with zero attached hydrogens (tertiary/aromatic N) is 2. The van der Waals surface area contributed by atoms with Crippen LogP contribution in [0.25, 0.3) is 0 Å². The van der Waals surface area contributed by atoms with Crippen molar-refractivity contribution >= 4 is 41.7 Å². The Morgan fingerprint density at radius 3 is 2.85 bits per heavy atom. The molecule has 2 saturated heterocycles. The van der Waals surface area contributed by atoms with Crippen molar-refractivity contribution in [3.8, 4) is 0 Å². The van der Waals surface area contributed by atoms with Gasteiger partial charge in [-0.05, 0) is 25.6 Å². The predicted molar refractivity (Wildman–Crippen MR) is 97.5 cm³/mol. The van der Waals surface area contributed by atoms with Crippen LogP contribution in [-0.2, 0) is 4.74 Å². The van der Waals surface area contributed by atoms with Gasteiger partial charge in [-0.3, -0.25) is 4.99 Å². The van der Waals surface area contributed by atoms with Crippen LogP contribution in [0.4, 0.5) is 0 Å². The normalized spacial score (nSPS) is 28.0. The molecular weight excluding hydrogens is 387 g/mol. The highest BCUT2D eigenvalue weighted by molar-refractivity contribution is 14.0. The first-order valence-corrected chi connectivity index (χ1v) is 8.19. The van der Waals surface area contributed by atoms with Gasteiger partial charge in [0.25, 0.3) is 0 Å². The summed E-state index contributed by atoms with van der Waals surface area (Å²) in [6.07, 6.45) is 2.94. The summed E-state index contributed by atoms with van der Waals surface area (Å²) >= 11 is 2.06. The molecule has 2 aliphatic rings. The first kappa shape index (κ1) is 18.3. The van der Waals surface area contributed by atoms with E-state index in [-0.39, 0.29) is 30.1 Å². The minimum absolute atomic E-state index is 0. The minimum Gasteiger partial charge on any atom is -0.374 e. The van der Waals surface area contributed by atoms with Gasteiger partial charge in [0.15, 0.2) is 5.96 Å². The van der Waals surface area contributed by atoms with E-state index in [1.807, 2.05) is 7.05 Å². The van der Waals surface area contributed by atoms with Crippen LogP contribution in [0, 0.1) is 0 Å². The van der Waals surface area contributed by atoms with E-state index in [0.717, 1.165) is 44.0 Å². The number of halogens is 1. The SMILES string of the molecule is CN=C(NCC1CN(C)CCO1)NCC1CCCS1.I. The van der Waals surface area contributed by atoms with E-state index in [1.165, 1.54) is 18.6 Å². The summed E-state index contributed by atoms with van der Waals surface area (Å²) < 4.78 is 5.73. The van der Waals surface area contributed by atoms with Crippen LogP contribution in [0.2, 0.25) is 0 Å². The largest absolute Gasteiger partial charge is 0.374 e. The van der Waals surface area contributed by atoms with E-state index >= 15 is 0 Å². The Hall–Kier alpha value is 0.270. The lowest BCUT2D eigenvalue weighted by Gasteiger charge is -2.30. The lowest BCUT2D eigenvalue weighted by Crippen LogP contribution is -2.49. The molecule has 0 radical (unpaired) electrons. The zero-order valence-electron chi connectivity index (χ0n) is 12.4. The Labute approximate surface area is 143 Å². The molecule has 0 aromatic heterocycles. The molecule has 0 aromatic carbocycles. The smallest absolute Gasteiger partial charge is 0.191 e. The van der Waals surface area contributed by atoms with E-state index in [1.54, 1.807) is 0 Å². The highest BCUT2D eigenvalue weighted by Gasteiger charge is 2.18. The molecule has 0 amide bonds. The third-order valence-corrected chi connectivity index (χ3v) is 4.98. The fraction of sp³-hybridized carbons (Fsp3) is 0.923. The van der Waals surface area contributed by atoms with Crippen LogP contribution in [0.15, 0.2) is 4.99 Å². The Bertz CT molecular complexity index is 300. The average molecular weight is 414 g/mol. The van der Waals surface area contributed by atoms with Crippen LogP contribution in [0.5, 0.6) is 0 Å². The van der Waals surface area contributed by atoms with Gasteiger partial charge in [-0.1, -0.05) is 0 Å². The molecular formula is C13H27IN4OS. The molecule has 0 aliphatic carbocycles. The summed E-state index contributed by atoms with van der Waals surface area (Å²) in [5.74, 6) is 2.20. The van der Waals surface area contributed by atoms with Crippen molar-refractivity contribution < 1.29 is 4.74 Å². The third kappa shape index (κ3) is 6.36. The molecule has 5 nitrogen and oxygen atoms in total. The molecule has 2 atom stereocenters. The summed E-state index contributed by atoms with van der Waals surface area (Å²) in [5, 5.41) is 7.52. The Morgan fingerprint density at radius 2 is 2.20 bits per heavy atom. The van der Waals surface area contributed by atoms with Gasteiger partial charge in [0.2, 0.25) is 0 Å². The van der Waals surface area contributed by atoms with Crippen molar-refractivity contribution in [3.63, 3.8) is 0 Å². The Morgan fingerprint density at radius 1 is 1.40 bits per heavy atom. The number of morpholine rings is 1. The second-order valence-corrected chi connectivity index (χ2v) is 6.63. The lowest BCUT2D eigenvalue weighted by molar-refractivity contribution is -0.0161. The van der Waals surface area contributed by atoms with Crippen LogP contribution < -0.4 is 10.6 Å². The zero-order valence-corrected chi connectivity index (χ0v) is 15.6. The number of nitrogens with one attached hydrogen (secondary N) is 2. The highest BCUT2D eigenvalue weighted by Crippen LogP contribution is 2.25. The standard InChI is InChI=1S/C13H26N4OS.HI/c1-14-13(16-9-12-4-3-7-19-12)15-8-11-10-17(2)5-6-18-11;/h11-12H,3-10H2,1-2H3,(H2,14,15,16);1H. The number of thioether (sulfide) groups is 1. The number of hydrogen-bond acceptors (Lipinski definition) is 4. The van der Waals surface area contributed by atoms with E-state index in [4.69, 9.17) is 4.74 Å². The van der Waals surface area contributed by atoms with Crippen LogP contribution in [0.3, 0.4) is 0 Å². The molecule has 20 heavy (non-hydrogen) atoms. The second kappa shape index (κ2) is 10.1. The Kier molecular flexibility index (Phi) is 9.23. The van der Waals surface area contributed by atoms with Crippen LogP contribution in [-0.4, -0.2) is 74.8 Å². The van der Waals surface area contributed by atoms with E-state index < -0.39 is 0 Å². The minimum atomic E-state index is 0. The third-order valence-electron chi connectivity index (χ3n) is 3.58. The molecule has 0 aromatic rings. The first-order chi connectivity index (χ1) is 9.28. The maximum atomic E-state index is 5.73. The molecule has 2 fully saturated rings. The van der Waals surface area contributed by atoms with Crippen molar-refractivity contribution in [1.82, 2.24) is 15.5 Å². The number of hydrogen-bond donors (Lipinski definition) is 2. The molecule has 0 bridgehead atoms.